The summed E-state index contributed by atoms with van der Waals surface area (Å²) in [7, 11) is 4.02. The van der Waals surface area contributed by atoms with Crippen molar-refractivity contribution in [3.8, 4) is 0 Å². The van der Waals surface area contributed by atoms with Crippen molar-refractivity contribution >= 4 is 27.6 Å². The lowest BCUT2D eigenvalue weighted by Crippen LogP contribution is -2.32. The Balaban J connectivity index is 1.72. The minimum Gasteiger partial charge on any atom is -0.450 e. The lowest BCUT2D eigenvalue weighted by atomic mass is 9.97. The average molecular weight is 412 g/mol. The maximum atomic E-state index is 13.7. The quantitative estimate of drug-likeness (QED) is 0.455. The number of hydrogen-bond donors (Lipinski definition) is 0. The molecule has 5 nitrogen and oxygen atoms in total. The number of fused-ring (bicyclic) bond motifs is 4. The van der Waals surface area contributed by atoms with Crippen LogP contribution in [-0.2, 0) is 0 Å². The first kappa shape index (κ1) is 19.5. The first-order valence-electron chi connectivity index (χ1n) is 10.6. The van der Waals surface area contributed by atoms with Crippen molar-refractivity contribution in [2.24, 2.45) is 0 Å². The molecule has 0 spiro atoms. The lowest BCUT2D eigenvalue weighted by Gasteiger charge is -2.25. The van der Waals surface area contributed by atoms with E-state index in [4.69, 9.17) is 4.42 Å². The van der Waals surface area contributed by atoms with E-state index in [9.17, 15) is 9.59 Å². The van der Waals surface area contributed by atoms with Gasteiger partial charge in [-0.25, -0.2) is 0 Å². The fraction of sp³-hybridized carbons (Fsp3) is 0.231. The van der Waals surface area contributed by atoms with Crippen molar-refractivity contribution < 1.29 is 9.21 Å². The number of rotatable bonds is 5. The molecule has 5 rings (SSSR count). The molecule has 1 amide bonds. The molecule has 1 aliphatic rings. The van der Waals surface area contributed by atoms with Gasteiger partial charge in [0.25, 0.3) is 5.91 Å². The van der Waals surface area contributed by atoms with Gasteiger partial charge in [-0.15, -0.1) is 0 Å². The molecule has 1 atom stereocenters. The first-order chi connectivity index (χ1) is 15.1. The molecule has 156 valence electrons. The first-order valence-corrected chi connectivity index (χ1v) is 10.6. The average Bonchev–Trinajstić information content (AvgIpc) is 3.06. The third-order valence-electron chi connectivity index (χ3n) is 5.98. The molecule has 0 bridgehead atoms. The molecule has 0 saturated heterocycles. The van der Waals surface area contributed by atoms with Crippen molar-refractivity contribution in [2.45, 2.75) is 12.5 Å². The van der Waals surface area contributed by atoms with E-state index in [-0.39, 0.29) is 17.1 Å². The monoisotopic (exact) mass is 412 g/mol. The molecule has 0 saturated carbocycles. The highest BCUT2D eigenvalue weighted by Crippen LogP contribution is 2.39. The Morgan fingerprint density at radius 1 is 0.903 bits per heavy atom. The highest BCUT2D eigenvalue weighted by Gasteiger charge is 2.42. The van der Waals surface area contributed by atoms with Crippen LogP contribution in [0.5, 0.6) is 0 Å². The Bertz CT molecular complexity index is 1340. The van der Waals surface area contributed by atoms with E-state index >= 15 is 0 Å². The topological polar surface area (TPSA) is 53.8 Å². The van der Waals surface area contributed by atoms with E-state index in [0.29, 0.717) is 23.1 Å². The zero-order chi connectivity index (χ0) is 21.5. The van der Waals surface area contributed by atoms with Crippen LogP contribution in [0, 0.1) is 0 Å². The van der Waals surface area contributed by atoms with Gasteiger partial charge in [-0.3, -0.25) is 9.59 Å². The van der Waals surface area contributed by atoms with E-state index in [1.807, 2.05) is 80.8 Å². The third kappa shape index (κ3) is 3.22. The fourth-order valence-corrected chi connectivity index (χ4v) is 4.52. The van der Waals surface area contributed by atoms with Gasteiger partial charge < -0.3 is 14.2 Å². The molecule has 4 aromatic rings. The standard InChI is InChI=1S/C26H24N2O3/c1-27(2)15-8-16-28-22(18-10-4-3-5-11-18)21-23(29)20-14-13-17-9-6-7-12-19(17)24(20)31-25(21)26(28)30/h3-7,9-14,22H,8,15-16H2,1-2H3/t22-/m0/s1. The summed E-state index contributed by atoms with van der Waals surface area (Å²) in [4.78, 5) is 31.0. The molecule has 0 unspecified atom stereocenters. The number of carbonyl (C=O) groups is 1. The van der Waals surface area contributed by atoms with Crippen LogP contribution in [0.1, 0.15) is 34.1 Å². The maximum Gasteiger partial charge on any atom is 0.290 e. The van der Waals surface area contributed by atoms with Crippen LogP contribution in [-0.4, -0.2) is 42.9 Å². The zero-order valence-corrected chi connectivity index (χ0v) is 17.7. The van der Waals surface area contributed by atoms with Gasteiger partial charge in [0, 0.05) is 11.9 Å². The smallest absolute Gasteiger partial charge is 0.290 e. The molecule has 0 fully saturated rings. The number of amides is 1. The number of nitrogens with zero attached hydrogens (tertiary/aromatic N) is 2. The predicted octanol–water partition coefficient (Wildman–Crippen LogP) is 4.44. The SMILES string of the molecule is CN(C)CCCN1C(=O)c2oc3c(ccc4ccccc43)c(=O)c2[C@@H]1c1ccccc1. The molecule has 2 heterocycles. The summed E-state index contributed by atoms with van der Waals surface area (Å²) in [5, 5.41) is 2.34. The molecule has 31 heavy (non-hydrogen) atoms. The van der Waals surface area contributed by atoms with Crippen LogP contribution < -0.4 is 5.43 Å². The molecule has 0 N–H and O–H groups in total. The summed E-state index contributed by atoms with van der Waals surface area (Å²) < 4.78 is 6.22. The van der Waals surface area contributed by atoms with E-state index in [1.54, 1.807) is 4.90 Å². The molecular formula is C26H24N2O3. The highest BCUT2D eigenvalue weighted by atomic mass is 16.3. The van der Waals surface area contributed by atoms with Crippen molar-refractivity contribution in [3.63, 3.8) is 0 Å². The van der Waals surface area contributed by atoms with E-state index in [2.05, 4.69) is 4.90 Å². The number of benzene rings is 3. The van der Waals surface area contributed by atoms with Crippen molar-refractivity contribution in [1.29, 1.82) is 0 Å². The minimum absolute atomic E-state index is 0.126. The lowest BCUT2D eigenvalue weighted by molar-refractivity contribution is 0.0722. The molecule has 5 heteroatoms. The Morgan fingerprint density at radius 3 is 2.42 bits per heavy atom. The second kappa shape index (κ2) is 7.67. The van der Waals surface area contributed by atoms with Crippen LogP contribution in [0.25, 0.3) is 21.7 Å². The largest absolute Gasteiger partial charge is 0.450 e. The third-order valence-corrected chi connectivity index (χ3v) is 5.98. The molecule has 0 aliphatic carbocycles. The van der Waals surface area contributed by atoms with E-state index in [1.165, 1.54) is 0 Å². The van der Waals surface area contributed by atoms with Crippen molar-refractivity contribution in [1.82, 2.24) is 9.80 Å². The van der Waals surface area contributed by atoms with Gasteiger partial charge in [0.15, 0.2) is 5.43 Å². The Morgan fingerprint density at radius 2 is 1.65 bits per heavy atom. The second-order valence-corrected chi connectivity index (χ2v) is 8.31. The zero-order valence-electron chi connectivity index (χ0n) is 17.7. The maximum absolute atomic E-state index is 13.7. The Labute approximate surface area is 180 Å². The predicted molar refractivity (Wildman–Crippen MR) is 122 cm³/mol. The van der Waals surface area contributed by atoms with Gasteiger partial charge in [-0.1, -0.05) is 60.7 Å². The Kier molecular flexibility index (Phi) is 4.83. The summed E-state index contributed by atoms with van der Waals surface area (Å²) in [5.41, 5.74) is 1.73. The molecule has 1 aliphatic heterocycles. The molecular weight excluding hydrogens is 388 g/mol. The molecule has 0 radical (unpaired) electrons. The second-order valence-electron chi connectivity index (χ2n) is 8.31. The summed E-state index contributed by atoms with van der Waals surface area (Å²) in [5.74, 6) is -0.0397. The van der Waals surface area contributed by atoms with Crippen LogP contribution in [0.15, 0.2) is 75.9 Å². The summed E-state index contributed by atoms with van der Waals surface area (Å²) in [6, 6.07) is 20.8. The van der Waals surface area contributed by atoms with Crippen LogP contribution in [0.4, 0.5) is 0 Å². The number of carbonyl (C=O) groups excluding carboxylic acids is 1. The number of hydrogen-bond acceptors (Lipinski definition) is 4. The summed E-state index contributed by atoms with van der Waals surface area (Å²) in [6.45, 7) is 1.41. The Hall–Kier alpha value is -3.44. The van der Waals surface area contributed by atoms with Gasteiger partial charge >= 0.3 is 0 Å². The van der Waals surface area contributed by atoms with Crippen LogP contribution in [0.2, 0.25) is 0 Å². The van der Waals surface area contributed by atoms with Gasteiger partial charge in [0.1, 0.15) is 5.58 Å². The summed E-state index contributed by atoms with van der Waals surface area (Å²) in [6.07, 6.45) is 0.812. The normalized spacial score (nSPS) is 15.9. The summed E-state index contributed by atoms with van der Waals surface area (Å²) >= 11 is 0. The van der Waals surface area contributed by atoms with Gasteiger partial charge in [0.05, 0.1) is 17.0 Å². The van der Waals surface area contributed by atoms with Gasteiger partial charge in [-0.2, -0.15) is 0 Å². The van der Waals surface area contributed by atoms with Gasteiger partial charge in [-0.05, 0) is 44.1 Å². The van der Waals surface area contributed by atoms with E-state index < -0.39 is 6.04 Å². The molecule has 1 aromatic heterocycles. The highest BCUT2D eigenvalue weighted by molar-refractivity contribution is 6.06. The fourth-order valence-electron chi connectivity index (χ4n) is 4.52. The van der Waals surface area contributed by atoms with Crippen molar-refractivity contribution in [3.05, 3.63) is 93.8 Å². The van der Waals surface area contributed by atoms with Gasteiger partial charge in [0.2, 0.25) is 5.76 Å². The van der Waals surface area contributed by atoms with E-state index in [0.717, 1.165) is 29.3 Å². The van der Waals surface area contributed by atoms with Crippen molar-refractivity contribution in [2.75, 3.05) is 27.2 Å². The molecule has 3 aromatic carbocycles. The van der Waals surface area contributed by atoms with Crippen LogP contribution in [0.3, 0.4) is 0 Å². The minimum atomic E-state index is -0.432. The van der Waals surface area contributed by atoms with Crippen LogP contribution >= 0.6 is 0 Å².